The van der Waals surface area contributed by atoms with Crippen molar-refractivity contribution in [2.75, 3.05) is 13.1 Å². The molecule has 1 N–H and O–H groups in total. The van der Waals surface area contributed by atoms with Crippen LogP contribution in [0, 0.1) is 0 Å². The molecule has 1 unspecified atom stereocenters. The average Bonchev–Trinajstić information content (AvgIpc) is 2.86. The Morgan fingerprint density at radius 1 is 1.43 bits per heavy atom. The molecule has 0 aromatic carbocycles. The summed E-state index contributed by atoms with van der Waals surface area (Å²) < 4.78 is 5.41. The predicted molar refractivity (Wildman–Crippen MR) is 82.0 cm³/mol. The highest BCUT2D eigenvalue weighted by Gasteiger charge is 2.30. The average molecular weight is 291 g/mol. The van der Waals surface area contributed by atoms with Crippen molar-refractivity contribution in [2.24, 2.45) is 0 Å². The van der Waals surface area contributed by atoms with E-state index in [1.54, 1.807) is 17.3 Å². The van der Waals surface area contributed by atoms with Crippen molar-refractivity contribution in [2.45, 2.75) is 51.8 Å². The number of nitrogens with zero attached hydrogens (tertiary/aromatic N) is 2. The number of nitrogens with one attached hydrogen (secondary N) is 1. The molecule has 1 amide bonds. The largest absolute Gasteiger partial charge is 0.444 e. The number of likely N-dealkylation sites (tertiary alicyclic amines) is 1. The minimum atomic E-state index is -0.438. The van der Waals surface area contributed by atoms with E-state index in [0.29, 0.717) is 12.6 Å². The molecule has 1 saturated heterocycles. The lowest BCUT2D eigenvalue weighted by molar-refractivity contribution is 0.0290. The number of hydrogen-bond acceptors (Lipinski definition) is 4. The van der Waals surface area contributed by atoms with Gasteiger partial charge in [-0.05, 0) is 51.8 Å². The van der Waals surface area contributed by atoms with Gasteiger partial charge in [0.2, 0.25) is 0 Å². The third kappa shape index (κ3) is 4.70. The lowest BCUT2D eigenvalue weighted by Gasteiger charge is -2.25. The van der Waals surface area contributed by atoms with Gasteiger partial charge in [0.15, 0.2) is 0 Å². The summed E-state index contributed by atoms with van der Waals surface area (Å²) in [7, 11) is 0. The number of carbonyl (C=O) groups is 1. The second-order valence-electron chi connectivity index (χ2n) is 6.58. The Hall–Kier alpha value is -1.62. The number of hydrogen-bond donors (Lipinski definition) is 1. The van der Waals surface area contributed by atoms with Crippen LogP contribution < -0.4 is 5.32 Å². The van der Waals surface area contributed by atoms with Crippen LogP contribution in [0.3, 0.4) is 0 Å². The Labute approximate surface area is 126 Å². The molecule has 1 fully saturated rings. The van der Waals surface area contributed by atoms with E-state index in [1.165, 1.54) is 5.56 Å². The van der Waals surface area contributed by atoms with E-state index in [9.17, 15) is 4.79 Å². The summed E-state index contributed by atoms with van der Waals surface area (Å²) in [6.45, 7) is 9.25. The first-order valence-corrected chi connectivity index (χ1v) is 7.49. The van der Waals surface area contributed by atoms with Crippen LogP contribution in [0.5, 0.6) is 0 Å². The van der Waals surface area contributed by atoms with Gasteiger partial charge in [-0.2, -0.15) is 0 Å². The summed E-state index contributed by atoms with van der Waals surface area (Å²) in [6.07, 6.45) is 4.34. The second kappa shape index (κ2) is 6.43. The maximum Gasteiger partial charge on any atom is 0.410 e. The summed E-state index contributed by atoms with van der Waals surface area (Å²) in [4.78, 5) is 17.8. The summed E-state index contributed by atoms with van der Waals surface area (Å²) >= 11 is 0. The molecule has 5 nitrogen and oxygen atoms in total. The van der Waals surface area contributed by atoms with Gasteiger partial charge in [0.05, 0.1) is 0 Å². The Kier molecular flexibility index (Phi) is 4.83. The Morgan fingerprint density at radius 2 is 2.10 bits per heavy atom. The number of rotatable bonds is 3. The highest BCUT2D eigenvalue weighted by molar-refractivity contribution is 5.68. The summed E-state index contributed by atoms with van der Waals surface area (Å²) in [6, 6.07) is 4.58. The van der Waals surface area contributed by atoms with E-state index in [1.807, 2.05) is 32.9 Å². The zero-order valence-electron chi connectivity index (χ0n) is 13.3. The zero-order valence-corrected chi connectivity index (χ0v) is 13.3. The van der Waals surface area contributed by atoms with Crippen molar-refractivity contribution in [1.29, 1.82) is 0 Å². The molecule has 0 bridgehead atoms. The van der Waals surface area contributed by atoms with Crippen LogP contribution >= 0.6 is 0 Å². The monoisotopic (exact) mass is 291 g/mol. The van der Waals surface area contributed by atoms with Crippen LogP contribution in [-0.4, -0.2) is 40.7 Å². The van der Waals surface area contributed by atoms with Gasteiger partial charge < -0.3 is 15.0 Å². The van der Waals surface area contributed by atoms with E-state index in [0.717, 1.165) is 13.0 Å². The van der Waals surface area contributed by atoms with E-state index in [4.69, 9.17) is 4.74 Å². The smallest absolute Gasteiger partial charge is 0.410 e. The van der Waals surface area contributed by atoms with Gasteiger partial charge in [0, 0.05) is 37.6 Å². The van der Waals surface area contributed by atoms with Gasteiger partial charge >= 0.3 is 6.09 Å². The first-order valence-electron chi connectivity index (χ1n) is 7.49. The topological polar surface area (TPSA) is 54.5 Å². The molecule has 2 atom stereocenters. The molecule has 0 aliphatic carbocycles. The van der Waals surface area contributed by atoms with Crippen LogP contribution in [-0.2, 0) is 4.74 Å². The zero-order chi connectivity index (χ0) is 15.5. The SMILES string of the molecule is C[C@@H](NC1CCN(C(=O)OC(C)(C)C)C1)c1ccncc1. The summed E-state index contributed by atoms with van der Waals surface area (Å²) in [5, 5.41) is 3.57. The quantitative estimate of drug-likeness (QED) is 0.930. The van der Waals surface area contributed by atoms with E-state index in [2.05, 4.69) is 17.2 Å². The number of ether oxygens (including phenoxy) is 1. The molecule has 5 heteroatoms. The van der Waals surface area contributed by atoms with Crippen molar-refractivity contribution in [3.05, 3.63) is 30.1 Å². The van der Waals surface area contributed by atoms with Crippen LogP contribution in [0.4, 0.5) is 4.79 Å². The molecule has 21 heavy (non-hydrogen) atoms. The molecule has 0 spiro atoms. The molecule has 2 heterocycles. The lowest BCUT2D eigenvalue weighted by atomic mass is 10.1. The Bertz CT molecular complexity index is 470. The molecular weight excluding hydrogens is 266 g/mol. The van der Waals surface area contributed by atoms with Crippen molar-refractivity contribution < 1.29 is 9.53 Å². The van der Waals surface area contributed by atoms with Gasteiger partial charge in [-0.1, -0.05) is 0 Å². The third-order valence-corrected chi connectivity index (χ3v) is 3.53. The third-order valence-electron chi connectivity index (χ3n) is 3.53. The second-order valence-corrected chi connectivity index (χ2v) is 6.58. The van der Waals surface area contributed by atoms with Gasteiger partial charge in [-0.25, -0.2) is 4.79 Å². The molecule has 1 aliphatic heterocycles. The molecule has 1 aromatic rings. The first-order chi connectivity index (χ1) is 9.85. The maximum atomic E-state index is 12.0. The molecular formula is C16H25N3O2. The van der Waals surface area contributed by atoms with Gasteiger partial charge in [0.25, 0.3) is 0 Å². The van der Waals surface area contributed by atoms with E-state index >= 15 is 0 Å². The molecule has 116 valence electrons. The molecule has 1 aromatic heterocycles. The molecule has 1 aliphatic rings. The van der Waals surface area contributed by atoms with Crippen LogP contribution in [0.25, 0.3) is 0 Å². The number of pyridine rings is 1. The number of amides is 1. The molecule has 0 radical (unpaired) electrons. The standard InChI is InChI=1S/C16H25N3O2/c1-12(13-5-8-17-9-6-13)18-14-7-10-19(11-14)15(20)21-16(2,3)4/h5-6,8-9,12,14,18H,7,10-11H2,1-4H3/t12-,14?/m1/s1. The Morgan fingerprint density at radius 3 is 2.71 bits per heavy atom. The minimum Gasteiger partial charge on any atom is -0.444 e. The van der Waals surface area contributed by atoms with Crippen LogP contribution in [0.15, 0.2) is 24.5 Å². The fraction of sp³-hybridized carbons (Fsp3) is 0.625. The fourth-order valence-electron chi connectivity index (χ4n) is 2.49. The molecule has 2 rings (SSSR count). The highest BCUT2D eigenvalue weighted by atomic mass is 16.6. The van der Waals surface area contributed by atoms with Gasteiger partial charge in [0.1, 0.15) is 5.60 Å². The van der Waals surface area contributed by atoms with Crippen LogP contribution in [0.2, 0.25) is 0 Å². The van der Waals surface area contributed by atoms with Crippen LogP contribution in [0.1, 0.15) is 45.7 Å². The van der Waals surface area contributed by atoms with Gasteiger partial charge in [-0.15, -0.1) is 0 Å². The first kappa shape index (κ1) is 15.8. The van der Waals surface area contributed by atoms with Gasteiger partial charge in [-0.3, -0.25) is 4.98 Å². The van der Waals surface area contributed by atoms with E-state index < -0.39 is 5.60 Å². The normalized spacial score (nSPS) is 20.4. The fourth-order valence-corrected chi connectivity index (χ4v) is 2.49. The lowest BCUT2D eigenvalue weighted by Crippen LogP contribution is -2.39. The van der Waals surface area contributed by atoms with Crippen molar-refractivity contribution in [3.63, 3.8) is 0 Å². The number of carbonyl (C=O) groups excluding carboxylic acids is 1. The Balaban J connectivity index is 1.84. The highest BCUT2D eigenvalue weighted by Crippen LogP contribution is 2.18. The van der Waals surface area contributed by atoms with E-state index in [-0.39, 0.29) is 12.1 Å². The summed E-state index contributed by atoms with van der Waals surface area (Å²) in [5.74, 6) is 0. The summed E-state index contributed by atoms with van der Waals surface area (Å²) in [5.41, 5.74) is 0.771. The maximum absolute atomic E-state index is 12.0. The minimum absolute atomic E-state index is 0.219. The van der Waals surface area contributed by atoms with Crippen molar-refractivity contribution in [1.82, 2.24) is 15.2 Å². The predicted octanol–water partition coefficient (Wildman–Crippen LogP) is 2.74. The molecule has 0 saturated carbocycles. The van der Waals surface area contributed by atoms with Crippen molar-refractivity contribution in [3.8, 4) is 0 Å². The number of aromatic nitrogens is 1. The van der Waals surface area contributed by atoms with Crippen molar-refractivity contribution >= 4 is 6.09 Å².